The van der Waals surface area contributed by atoms with E-state index in [9.17, 15) is 10.1 Å². The number of benzene rings is 4. The predicted molar refractivity (Wildman–Crippen MR) is 185 cm³/mol. The van der Waals surface area contributed by atoms with Crippen LogP contribution in [0.2, 0.25) is 5.02 Å². The first-order valence-electron chi connectivity index (χ1n) is 14.3. The van der Waals surface area contributed by atoms with Gasteiger partial charge in [-0.1, -0.05) is 83.6 Å². The van der Waals surface area contributed by atoms with E-state index in [1.165, 1.54) is 16.9 Å². The Kier molecular flexibility index (Phi) is 8.08. The van der Waals surface area contributed by atoms with Gasteiger partial charge in [-0.3, -0.25) is 9.36 Å². The van der Waals surface area contributed by atoms with Crippen LogP contribution in [0.5, 0.6) is 11.5 Å². The summed E-state index contributed by atoms with van der Waals surface area (Å²) in [6.07, 6.45) is 3.56. The fourth-order valence-corrected chi connectivity index (χ4v) is 8.04. The number of allylic oxidation sites excluding steroid dienone is 1. The number of ether oxygens (including phenoxy) is 2. The molecule has 1 aliphatic carbocycles. The van der Waals surface area contributed by atoms with Crippen molar-refractivity contribution in [1.82, 2.24) is 4.57 Å². The van der Waals surface area contributed by atoms with Crippen LogP contribution in [0.25, 0.3) is 11.8 Å². The van der Waals surface area contributed by atoms with Crippen molar-refractivity contribution in [1.29, 1.82) is 5.26 Å². The maximum Gasteiger partial charge on any atom is 0.271 e. The number of aromatic nitrogens is 1. The Morgan fingerprint density at radius 1 is 1.09 bits per heavy atom. The van der Waals surface area contributed by atoms with Gasteiger partial charge in [-0.05, 0) is 88.0 Å². The fourth-order valence-electron chi connectivity index (χ4n) is 6.02. The predicted octanol–water partition coefficient (Wildman–Crippen LogP) is 7.04. The Hall–Kier alpha value is -4.17. The number of thiazole rings is 1. The minimum Gasteiger partial charge on any atom is -0.493 e. The summed E-state index contributed by atoms with van der Waals surface area (Å²) in [4.78, 5) is 19.9. The molecule has 1 atom stereocenters. The van der Waals surface area contributed by atoms with Crippen LogP contribution in [0, 0.1) is 14.9 Å². The van der Waals surface area contributed by atoms with Crippen molar-refractivity contribution in [3.63, 3.8) is 0 Å². The number of hydrogen-bond acceptors (Lipinski definition) is 6. The lowest BCUT2D eigenvalue weighted by molar-refractivity contribution is 0.282. The second kappa shape index (κ2) is 12.3. The van der Waals surface area contributed by atoms with E-state index in [4.69, 9.17) is 26.1 Å². The number of nitrogens with zero attached hydrogens (tertiary/aromatic N) is 3. The second-order valence-electron chi connectivity index (χ2n) is 10.7. The van der Waals surface area contributed by atoms with E-state index in [2.05, 4.69) is 46.9 Å². The van der Waals surface area contributed by atoms with E-state index < -0.39 is 0 Å². The lowest BCUT2D eigenvalue weighted by atomic mass is 9.83. The first kappa shape index (κ1) is 29.5. The van der Waals surface area contributed by atoms with Crippen molar-refractivity contribution in [3.05, 3.63) is 152 Å². The van der Waals surface area contributed by atoms with E-state index in [1.807, 2.05) is 66.7 Å². The Balaban J connectivity index is 1.33. The van der Waals surface area contributed by atoms with Gasteiger partial charge in [0.05, 0.1) is 38.6 Å². The molecule has 5 aromatic rings. The third-order valence-corrected chi connectivity index (χ3v) is 10.3. The summed E-state index contributed by atoms with van der Waals surface area (Å²) >= 11 is 10.4. The fraction of sp³-hybridized carbons (Fsp3) is 0.139. The highest BCUT2D eigenvalue weighted by molar-refractivity contribution is 14.1. The maximum atomic E-state index is 14.2. The molecule has 0 bridgehead atoms. The molecule has 2 aliphatic rings. The molecule has 45 heavy (non-hydrogen) atoms. The van der Waals surface area contributed by atoms with E-state index in [-0.39, 0.29) is 18.2 Å². The van der Waals surface area contributed by atoms with Gasteiger partial charge in [0.15, 0.2) is 16.3 Å². The Bertz CT molecular complexity index is 2250. The molecule has 0 radical (unpaired) electrons. The van der Waals surface area contributed by atoms with Crippen LogP contribution in [0.15, 0.2) is 100 Å². The zero-order valence-corrected chi connectivity index (χ0v) is 27.8. The van der Waals surface area contributed by atoms with Crippen molar-refractivity contribution >= 4 is 57.3 Å². The summed E-state index contributed by atoms with van der Waals surface area (Å²) in [5, 5.41) is 10.1. The van der Waals surface area contributed by atoms with Gasteiger partial charge in [0.2, 0.25) is 0 Å². The molecular formula is C36H25ClIN3O3S. The molecule has 0 spiro atoms. The van der Waals surface area contributed by atoms with Crippen molar-refractivity contribution in [2.45, 2.75) is 25.5 Å². The maximum absolute atomic E-state index is 14.2. The lowest BCUT2D eigenvalue weighted by Gasteiger charge is -2.31. The Morgan fingerprint density at radius 2 is 1.87 bits per heavy atom. The number of fused-ring (bicyclic) bond motifs is 3. The topological polar surface area (TPSA) is 76.6 Å². The molecule has 0 unspecified atom stereocenters. The number of rotatable bonds is 6. The normalized spacial score (nSPS) is 15.4. The van der Waals surface area contributed by atoms with Gasteiger partial charge in [-0.15, -0.1) is 0 Å². The minimum absolute atomic E-state index is 0.114. The SMILES string of the molecule is COc1cc(/C=c2/sc3n(c2=O)[C@H](c2ccccc2Cl)C2=C(N=3)c3ccccc3CC2)cc(I)c1OCc1ccccc1C#N. The first-order valence-corrected chi connectivity index (χ1v) is 16.6. The van der Waals surface area contributed by atoms with Gasteiger partial charge in [0.25, 0.3) is 5.56 Å². The smallest absolute Gasteiger partial charge is 0.271 e. The molecule has 1 aromatic heterocycles. The molecule has 7 rings (SSSR count). The van der Waals surface area contributed by atoms with Crippen LogP contribution in [-0.2, 0) is 13.0 Å². The van der Waals surface area contributed by atoms with Gasteiger partial charge in [0, 0.05) is 16.1 Å². The van der Waals surface area contributed by atoms with Crippen LogP contribution in [0.4, 0.5) is 0 Å². The molecule has 0 N–H and O–H groups in total. The molecule has 0 amide bonds. The quantitative estimate of drug-likeness (QED) is 0.175. The van der Waals surface area contributed by atoms with Crippen LogP contribution in [0.3, 0.4) is 0 Å². The van der Waals surface area contributed by atoms with Gasteiger partial charge in [-0.25, -0.2) is 4.99 Å². The van der Waals surface area contributed by atoms with Crippen LogP contribution in [-0.4, -0.2) is 11.7 Å². The van der Waals surface area contributed by atoms with E-state index in [0.717, 1.165) is 49.9 Å². The van der Waals surface area contributed by atoms with Crippen molar-refractivity contribution in [2.24, 2.45) is 4.99 Å². The summed E-state index contributed by atoms with van der Waals surface area (Å²) < 4.78 is 15.0. The monoisotopic (exact) mass is 741 g/mol. The standard InChI is InChI=1S/C36H25ClIN3O3S/c1-43-30-17-21(16-29(38)34(30)44-20-24-10-3-2-9-23(24)19-39)18-31-35(42)41-33(26-12-6-7-13-28(26)37)27-15-14-22-8-4-5-11-25(22)32(27)40-36(41)45-31/h2-13,16-18,33H,14-15,20H2,1H3/b31-18+/t33-/m1/s1. The number of hydrogen-bond donors (Lipinski definition) is 0. The highest BCUT2D eigenvalue weighted by atomic mass is 127. The molecule has 0 saturated heterocycles. The van der Waals surface area contributed by atoms with E-state index >= 15 is 0 Å². The molecule has 2 heterocycles. The molecule has 4 aromatic carbocycles. The van der Waals surface area contributed by atoms with Crippen molar-refractivity contribution in [3.8, 4) is 17.6 Å². The van der Waals surface area contributed by atoms with Gasteiger partial charge < -0.3 is 9.47 Å². The summed E-state index contributed by atoms with van der Waals surface area (Å²) in [5.41, 5.74) is 7.36. The zero-order chi connectivity index (χ0) is 31.1. The number of aryl methyl sites for hydroxylation is 1. The van der Waals surface area contributed by atoms with Gasteiger partial charge in [0.1, 0.15) is 6.61 Å². The van der Waals surface area contributed by atoms with Crippen molar-refractivity contribution in [2.75, 3.05) is 7.11 Å². The molecule has 9 heteroatoms. The summed E-state index contributed by atoms with van der Waals surface area (Å²) in [6, 6.07) is 29.1. The highest BCUT2D eigenvalue weighted by Crippen LogP contribution is 2.42. The van der Waals surface area contributed by atoms with Crippen LogP contribution in [0.1, 0.15) is 45.8 Å². The third-order valence-electron chi connectivity index (χ3n) is 8.13. The van der Waals surface area contributed by atoms with E-state index in [1.54, 1.807) is 17.7 Å². The number of methoxy groups -OCH3 is 1. The molecule has 0 saturated carbocycles. The first-order chi connectivity index (χ1) is 22.0. The Morgan fingerprint density at radius 3 is 2.69 bits per heavy atom. The van der Waals surface area contributed by atoms with Crippen LogP contribution < -0.4 is 24.4 Å². The minimum atomic E-state index is -0.345. The third kappa shape index (κ3) is 5.39. The lowest BCUT2D eigenvalue weighted by Crippen LogP contribution is -2.38. The summed E-state index contributed by atoms with van der Waals surface area (Å²) in [7, 11) is 1.59. The largest absolute Gasteiger partial charge is 0.493 e. The molecule has 222 valence electrons. The van der Waals surface area contributed by atoms with Crippen LogP contribution >= 0.6 is 45.5 Å². The summed E-state index contributed by atoms with van der Waals surface area (Å²) in [5.74, 6) is 1.12. The zero-order valence-electron chi connectivity index (χ0n) is 24.1. The molecule has 6 nitrogen and oxygen atoms in total. The Labute approximate surface area is 282 Å². The number of nitriles is 1. The highest BCUT2D eigenvalue weighted by Gasteiger charge is 2.33. The van der Waals surface area contributed by atoms with Crippen molar-refractivity contribution < 1.29 is 9.47 Å². The second-order valence-corrected chi connectivity index (χ2v) is 13.3. The van der Waals surface area contributed by atoms with E-state index in [0.29, 0.717) is 31.4 Å². The van der Waals surface area contributed by atoms with Gasteiger partial charge in [-0.2, -0.15) is 5.26 Å². The average molecular weight is 742 g/mol. The molecule has 1 aliphatic heterocycles. The van der Waals surface area contributed by atoms with Gasteiger partial charge >= 0.3 is 0 Å². The number of halogens is 2. The average Bonchev–Trinajstić information content (AvgIpc) is 3.37. The molecule has 0 fully saturated rings. The molecular weight excluding hydrogens is 717 g/mol. The summed E-state index contributed by atoms with van der Waals surface area (Å²) in [6.45, 7) is 0.226.